The molecule has 422 valence electrons. The van der Waals surface area contributed by atoms with Gasteiger partial charge in [0.25, 0.3) is 0 Å². The quantitative estimate of drug-likeness (QED) is 0.140. The zero-order valence-electron chi connectivity index (χ0n) is 50.5. The Bertz CT molecular complexity index is 4640. The van der Waals surface area contributed by atoms with Gasteiger partial charge in [0.2, 0.25) is 0 Å². The number of para-hydroxylation sites is 2. The molecule has 0 saturated heterocycles. The largest absolute Gasteiger partial charge is 0.334 e. The molecule has 4 unspecified atom stereocenters. The lowest BCUT2D eigenvalue weighted by Crippen LogP contribution is -2.54. The van der Waals surface area contributed by atoms with Crippen LogP contribution in [0.1, 0.15) is 112 Å². The Morgan fingerprint density at radius 1 is 0.287 bits per heavy atom. The van der Waals surface area contributed by atoms with E-state index in [0.717, 1.165) is 0 Å². The van der Waals surface area contributed by atoms with Crippen LogP contribution < -0.4 is 9.80 Å². The summed E-state index contributed by atoms with van der Waals surface area (Å²) in [4.78, 5) is 5.34. The summed E-state index contributed by atoms with van der Waals surface area (Å²) < 4.78 is 0. The maximum atomic E-state index is 2.67. The zero-order valence-corrected chi connectivity index (χ0v) is 50.5. The molecule has 17 rings (SSSR count). The molecule has 0 radical (unpaired) electrons. The fourth-order valence-corrected chi connectivity index (χ4v) is 18.1. The molecule has 3 aliphatic carbocycles. The van der Waals surface area contributed by atoms with E-state index < -0.39 is 5.41 Å². The smallest absolute Gasteiger partial charge is 0.0719 e. The fraction of sp³-hybridized carbons (Fsp3) is 0.200. The molecule has 0 bridgehead atoms. The summed E-state index contributed by atoms with van der Waals surface area (Å²) >= 11 is 0. The monoisotopic (exact) mass is 1120 g/mol. The van der Waals surface area contributed by atoms with Crippen LogP contribution in [0.4, 0.5) is 22.7 Å². The van der Waals surface area contributed by atoms with Crippen molar-refractivity contribution in [3.63, 3.8) is 0 Å². The van der Waals surface area contributed by atoms with Crippen LogP contribution in [-0.4, -0.2) is 11.1 Å². The van der Waals surface area contributed by atoms with Gasteiger partial charge in [-0.2, -0.15) is 0 Å². The van der Waals surface area contributed by atoms with Gasteiger partial charge in [0, 0.05) is 33.6 Å². The molecule has 12 aromatic carbocycles. The summed E-state index contributed by atoms with van der Waals surface area (Å²) in [6, 6.07) is 102. The summed E-state index contributed by atoms with van der Waals surface area (Å²) in [5.74, 6) is 0. The third kappa shape index (κ3) is 7.34. The molecule has 2 fully saturated rings. The van der Waals surface area contributed by atoms with Crippen LogP contribution in [0.5, 0.6) is 0 Å². The van der Waals surface area contributed by atoms with Crippen molar-refractivity contribution in [3.8, 4) is 55.6 Å². The number of hydrogen-bond acceptors (Lipinski definition) is 2. The van der Waals surface area contributed by atoms with Crippen LogP contribution in [0.3, 0.4) is 0 Å². The summed E-state index contributed by atoms with van der Waals surface area (Å²) in [6.07, 6.45) is 9.85. The number of nitrogens with zero attached hydrogens (tertiary/aromatic N) is 2. The lowest BCUT2D eigenvalue weighted by Gasteiger charge is -2.50. The maximum Gasteiger partial charge on any atom is 0.0719 e. The van der Waals surface area contributed by atoms with E-state index in [1.165, 1.54) is 185 Å². The molecule has 2 aliphatic heterocycles. The summed E-state index contributed by atoms with van der Waals surface area (Å²) in [5, 5.41) is 5.12. The molecular weight excluding hydrogens is 1050 g/mol. The van der Waals surface area contributed by atoms with E-state index in [9.17, 15) is 0 Å². The second kappa shape index (κ2) is 19.4. The van der Waals surface area contributed by atoms with Crippen molar-refractivity contribution in [1.82, 2.24) is 0 Å². The first kappa shape index (κ1) is 52.1. The number of benzene rings is 12. The summed E-state index contributed by atoms with van der Waals surface area (Å²) in [5.41, 5.74) is 25.7. The van der Waals surface area contributed by atoms with Crippen molar-refractivity contribution in [2.24, 2.45) is 0 Å². The Kier molecular flexibility index (Phi) is 11.6. The first-order chi connectivity index (χ1) is 42.6. The van der Waals surface area contributed by atoms with Crippen molar-refractivity contribution < 1.29 is 0 Å². The lowest BCUT2D eigenvalue weighted by molar-refractivity contribution is 0.195. The first-order valence-corrected chi connectivity index (χ1v) is 32.1. The topological polar surface area (TPSA) is 6.48 Å². The van der Waals surface area contributed by atoms with Crippen molar-refractivity contribution in [2.45, 2.75) is 106 Å². The second-order valence-corrected chi connectivity index (χ2v) is 26.9. The van der Waals surface area contributed by atoms with Gasteiger partial charge in [-0.3, -0.25) is 0 Å². The van der Waals surface area contributed by atoms with E-state index >= 15 is 0 Å². The highest BCUT2D eigenvalue weighted by atomic mass is 15.3. The van der Waals surface area contributed by atoms with E-state index in [4.69, 9.17) is 0 Å². The minimum absolute atomic E-state index is 0.0184. The van der Waals surface area contributed by atoms with Crippen LogP contribution in [0.25, 0.3) is 77.2 Å². The zero-order chi connectivity index (χ0) is 58.3. The molecule has 87 heavy (non-hydrogen) atoms. The van der Waals surface area contributed by atoms with Gasteiger partial charge in [0.05, 0.1) is 16.5 Å². The van der Waals surface area contributed by atoms with Gasteiger partial charge in [-0.05, 0) is 211 Å². The molecule has 0 aromatic heterocycles. The molecule has 4 atom stereocenters. The summed E-state index contributed by atoms with van der Waals surface area (Å²) in [7, 11) is 0. The third-order valence-corrected chi connectivity index (χ3v) is 22.8. The highest BCUT2D eigenvalue weighted by Gasteiger charge is 2.59. The Morgan fingerprint density at radius 3 is 1.15 bits per heavy atom. The first-order valence-electron chi connectivity index (χ1n) is 32.1. The van der Waals surface area contributed by atoms with E-state index in [2.05, 4.69) is 304 Å². The number of hydrogen-bond donors (Lipinski definition) is 0. The molecule has 12 aromatic rings. The Labute approximate surface area is 513 Å². The standard InChI is InChI=1S/C85H72N2/c1-81-49-19-21-51-83(81,3)86(67-27-13-7-14-28-67)77-47-43-63(55-75(77)81)59-37-33-57(34-38-59)61-41-45-71-72(53-61)69-31-17-18-32-70(69)79-73-54-62(42-46-74(73)85(80(71)79,65-23-9-5-10-24-65)66-25-11-6-12-26-66)58-35-39-60(40-36-58)64-44-48-78-76(56-64)82(2)50-20-22-52-84(82,4)87(78)68-29-15-8-16-30-68/h5-18,23-48,53-56H,19-22,49-52H2,1-4H3. The van der Waals surface area contributed by atoms with Crippen LogP contribution in [0.2, 0.25) is 0 Å². The second-order valence-electron chi connectivity index (χ2n) is 26.9. The Balaban J connectivity index is 0.770. The van der Waals surface area contributed by atoms with Gasteiger partial charge in [0.1, 0.15) is 0 Å². The van der Waals surface area contributed by atoms with Crippen molar-refractivity contribution >= 4 is 44.3 Å². The van der Waals surface area contributed by atoms with Gasteiger partial charge in [-0.15, -0.1) is 0 Å². The Morgan fingerprint density at radius 2 is 0.667 bits per heavy atom. The van der Waals surface area contributed by atoms with Gasteiger partial charge >= 0.3 is 0 Å². The molecule has 5 aliphatic rings. The van der Waals surface area contributed by atoms with Crippen molar-refractivity contribution in [3.05, 3.63) is 300 Å². The predicted molar refractivity (Wildman–Crippen MR) is 366 cm³/mol. The van der Waals surface area contributed by atoms with Gasteiger partial charge in [-0.25, -0.2) is 0 Å². The number of anilines is 4. The maximum absolute atomic E-state index is 2.67. The Hall–Kier alpha value is -9.24. The van der Waals surface area contributed by atoms with E-state index in [-0.39, 0.29) is 21.9 Å². The SMILES string of the molecule is CC12CCCCC1(C)N(c1ccccc1)c1ccc(-c3ccc(-c4ccc5c(c4)-c4c(c6ccc(-c7ccc(-c8ccc9c(c8)C8(C)CCCCC8(C)N9c8ccccc8)cc7)cc6c6ccccc46)C5(c4ccccc4)c4ccccc4)cc3)cc12. The predicted octanol–water partition coefficient (Wildman–Crippen LogP) is 22.5. The highest BCUT2D eigenvalue weighted by Crippen LogP contribution is 2.64. The van der Waals surface area contributed by atoms with Crippen LogP contribution in [-0.2, 0) is 16.2 Å². The molecule has 0 N–H and O–H groups in total. The number of fused-ring (bicyclic) bond motifs is 14. The van der Waals surface area contributed by atoms with Gasteiger partial charge in [-0.1, -0.05) is 246 Å². The van der Waals surface area contributed by atoms with Gasteiger partial charge < -0.3 is 9.80 Å². The van der Waals surface area contributed by atoms with E-state index in [0.29, 0.717) is 0 Å². The number of rotatable bonds is 8. The highest BCUT2D eigenvalue weighted by molar-refractivity contribution is 6.20. The van der Waals surface area contributed by atoms with Crippen molar-refractivity contribution in [1.29, 1.82) is 0 Å². The molecule has 2 heterocycles. The van der Waals surface area contributed by atoms with Crippen LogP contribution >= 0.6 is 0 Å². The molecule has 0 spiro atoms. The van der Waals surface area contributed by atoms with Crippen LogP contribution in [0.15, 0.2) is 267 Å². The fourth-order valence-electron chi connectivity index (χ4n) is 18.1. The lowest BCUT2D eigenvalue weighted by atomic mass is 9.61. The molecular formula is C85H72N2. The average Bonchev–Trinajstić information content (AvgIpc) is 1.57. The van der Waals surface area contributed by atoms with E-state index in [1.54, 1.807) is 0 Å². The molecule has 2 heteroatoms. The van der Waals surface area contributed by atoms with E-state index in [1.807, 2.05) is 0 Å². The molecule has 0 amide bonds. The molecule has 2 nitrogen and oxygen atoms in total. The van der Waals surface area contributed by atoms with Crippen LogP contribution in [0, 0.1) is 0 Å². The average molecular weight is 1120 g/mol. The minimum Gasteiger partial charge on any atom is -0.334 e. The summed E-state index contributed by atoms with van der Waals surface area (Å²) in [6.45, 7) is 10.1. The minimum atomic E-state index is -0.587. The third-order valence-electron chi connectivity index (χ3n) is 22.8. The normalized spacial score (nSPS) is 22.1. The molecule has 2 saturated carbocycles. The van der Waals surface area contributed by atoms with Gasteiger partial charge in [0.15, 0.2) is 0 Å². The van der Waals surface area contributed by atoms with Crippen molar-refractivity contribution in [2.75, 3.05) is 9.80 Å².